The monoisotopic (exact) mass is 252 g/mol. The van der Waals surface area contributed by atoms with Crippen molar-refractivity contribution >= 4 is 22.7 Å². The van der Waals surface area contributed by atoms with Crippen molar-refractivity contribution in [3.63, 3.8) is 0 Å². The van der Waals surface area contributed by atoms with Gasteiger partial charge in [0.15, 0.2) is 0 Å². The summed E-state index contributed by atoms with van der Waals surface area (Å²) in [6, 6.07) is 4.90. The number of nitrogens with one attached hydrogen (secondary N) is 1. The minimum absolute atomic E-state index is 0.570. The third-order valence-corrected chi connectivity index (χ3v) is 4.25. The molecule has 2 nitrogen and oxygen atoms in total. The summed E-state index contributed by atoms with van der Waals surface area (Å²) in [4.78, 5) is 6.85. The van der Waals surface area contributed by atoms with E-state index < -0.39 is 0 Å². The summed E-state index contributed by atoms with van der Waals surface area (Å²) in [5.74, 6) is 0. The van der Waals surface area contributed by atoms with Gasteiger partial charge >= 0.3 is 0 Å². The molecule has 1 atom stereocenters. The molecule has 16 heavy (non-hydrogen) atoms. The van der Waals surface area contributed by atoms with Crippen molar-refractivity contribution in [2.45, 2.75) is 32.4 Å². The molecular formula is C12H16N2S2. The van der Waals surface area contributed by atoms with Crippen LogP contribution in [0.25, 0.3) is 0 Å². The van der Waals surface area contributed by atoms with Crippen LogP contribution in [0, 0.1) is 0 Å². The Morgan fingerprint density at radius 2 is 2.31 bits per heavy atom. The SMILES string of the molecule is CCC(Cc1cccs1)NCc1cncs1. The Labute approximate surface area is 104 Å². The van der Waals surface area contributed by atoms with Gasteiger partial charge in [-0.2, -0.15) is 0 Å². The molecule has 1 unspecified atom stereocenters. The van der Waals surface area contributed by atoms with Gasteiger partial charge in [-0.05, 0) is 24.3 Å². The molecule has 0 fully saturated rings. The first-order valence-electron chi connectivity index (χ1n) is 5.51. The molecule has 1 N–H and O–H groups in total. The number of thiazole rings is 1. The van der Waals surface area contributed by atoms with E-state index in [4.69, 9.17) is 0 Å². The van der Waals surface area contributed by atoms with E-state index in [9.17, 15) is 0 Å². The van der Waals surface area contributed by atoms with Crippen LogP contribution >= 0.6 is 22.7 Å². The number of thiophene rings is 1. The minimum atomic E-state index is 0.570. The van der Waals surface area contributed by atoms with Gasteiger partial charge in [-0.15, -0.1) is 22.7 Å². The molecule has 0 saturated carbocycles. The zero-order valence-electron chi connectivity index (χ0n) is 9.35. The molecule has 0 aliphatic carbocycles. The number of nitrogens with zero attached hydrogens (tertiary/aromatic N) is 1. The van der Waals surface area contributed by atoms with Crippen LogP contribution in [0.2, 0.25) is 0 Å². The highest BCUT2D eigenvalue weighted by atomic mass is 32.1. The summed E-state index contributed by atoms with van der Waals surface area (Å²) in [7, 11) is 0. The topological polar surface area (TPSA) is 24.9 Å². The van der Waals surface area contributed by atoms with Gasteiger partial charge in [0.1, 0.15) is 0 Å². The highest BCUT2D eigenvalue weighted by Gasteiger charge is 2.07. The fourth-order valence-electron chi connectivity index (χ4n) is 1.61. The lowest BCUT2D eigenvalue weighted by atomic mass is 10.1. The summed E-state index contributed by atoms with van der Waals surface area (Å²) in [6.07, 6.45) is 4.24. The first-order chi connectivity index (χ1) is 7.88. The van der Waals surface area contributed by atoms with Crippen molar-refractivity contribution in [2.24, 2.45) is 0 Å². The van der Waals surface area contributed by atoms with Crippen LogP contribution in [0.5, 0.6) is 0 Å². The van der Waals surface area contributed by atoms with Crippen LogP contribution in [0.4, 0.5) is 0 Å². The van der Waals surface area contributed by atoms with Crippen LogP contribution in [-0.2, 0) is 13.0 Å². The summed E-state index contributed by atoms with van der Waals surface area (Å²) >= 11 is 3.55. The van der Waals surface area contributed by atoms with E-state index in [-0.39, 0.29) is 0 Å². The van der Waals surface area contributed by atoms with Crippen LogP contribution in [0.15, 0.2) is 29.2 Å². The molecule has 0 aromatic carbocycles. The van der Waals surface area contributed by atoms with Gasteiger partial charge in [0.2, 0.25) is 0 Å². The number of hydrogen-bond donors (Lipinski definition) is 1. The van der Waals surface area contributed by atoms with Crippen molar-refractivity contribution in [2.75, 3.05) is 0 Å². The van der Waals surface area contributed by atoms with E-state index in [1.165, 1.54) is 9.75 Å². The second kappa shape index (κ2) is 6.13. The molecule has 0 amide bonds. The van der Waals surface area contributed by atoms with E-state index in [1.54, 1.807) is 11.3 Å². The van der Waals surface area contributed by atoms with Crippen molar-refractivity contribution in [1.82, 2.24) is 10.3 Å². The fraction of sp³-hybridized carbons (Fsp3) is 0.417. The van der Waals surface area contributed by atoms with Crippen molar-refractivity contribution in [3.05, 3.63) is 39.0 Å². The molecular weight excluding hydrogens is 236 g/mol. The Bertz CT molecular complexity index is 381. The average Bonchev–Trinajstić information content (AvgIpc) is 2.97. The van der Waals surface area contributed by atoms with Crippen LogP contribution in [-0.4, -0.2) is 11.0 Å². The molecule has 0 radical (unpaired) electrons. The number of aromatic nitrogens is 1. The molecule has 86 valence electrons. The Morgan fingerprint density at radius 1 is 1.38 bits per heavy atom. The second-order valence-electron chi connectivity index (χ2n) is 3.74. The standard InChI is InChI=1S/C12H16N2S2/c1-2-10(6-11-4-3-5-15-11)14-8-12-7-13-9-16-12/h3-5,7,9-10,14H,2,6,8H2,1H3. The summed E-state index contributed by atoms with van der Waals surface area (Å²) < 4.78 is 0. The predicted octanol–water partition coefficient (Wildman–Crippen LogP) is 3.32. The predicted molar refractivity (Wildman–Crippen MR) is 71.1 cm³/mol. The first kappa shape index (κ1) is 11.8. The summed E-state index contributed by atoms with van der Waals surface area (Å²) in [5, 5.41) is 5.73. The second-order valence-corrected chi connectivity index (χ2v) is 5.74. The van der Waals surface area contributed by atoms with Gasteiger partial charge in [0, 0.05) is 28.5 Å². The maximum Gasteiger partial charge on any atom is 0.0794 e. The Balaban J connectivity index is 1.81. The third-order valence-electron chi connectivity index (χ3n) is 2.57. The van der Waals surface area contributed by atoms with Gasteiger partial charge < -0.3 is 5.32 Å². The zero-order valence-corrected chi connectivity index (χ0v) is 11.0. The molecule has 2 aromatic heterocycles. The van der Waals surface area contributed by atoms with Crippen LogP contribution in [0.3, 0.4) is 0 Å². The zero-order chi connectivity index (χ0) is 11.2. The molecule has 4 heteroatoms. The largest absolute Gasteiger partial charge is 0.309 e. The lowest BCUT2D eigenvalue weighted by molar-refractivity contribution is 0.499. The Kier molecular flexibility index (Phi) is 4.51. The highest BCUT2D eigenvalue weighted by Crippen LogP contribution is 2.13. The van der Waals surface area contributed by atoms with Gasteiger partial charge in [-0.25, -0.2) is 0 Å². The maximum atomic E-state index is 4.08. The smallest absolute Gasteiger partial charge is 0.0794 e. The van der Waals surface area contributed by atoms with E-state index in [0.29, 0.717) is 6.04 Å². The van der Waals surface area contributed by atoms with Gasteiger partial charge in [-0.1, -0.05) is 13.0 Å². The van der Waals surface area contributed by atoms with E-state index in [0.717, 1.165) is 19.4 Å². The first-order valence-corrected chi connectivity index (χ1v) is 7.27. The number of hydrogen-bond acceptors (Lipinski definition) is 4. The van der Waals surface area contributed by atoms with Crippen molar-refractivity contribution in [1.29, 1.82) is 0 Å². The third kappa shape index (κ3) is 3.40. The van der Waals surface area contributed by atoms with Crippen LogP contribution < -0.4 is 5.32 Å². The van der Waals surface area contributed by atoms with E-state index in [1.807, 2.05) is 23.0 Å². The molecule has 2 aromatic rings. The van der Waals surface area contributed by atoms with Crippen LogP contribution in [0.1, 0.15) is 23.1 Å². The van der Waals surface area contributed by atoms with Gasteiger partial charge in [0.25, 0.3) is 0 Å². The quantitative estimate of drug-likeness (QED) is 0.853. The molecule has 0 aliphatic heterocycles. The highest BCUT2D eigenvalue weighted by molar-refractivity contribution is 7.10. The average molecular weight is 252 g/mol. The maximum absolute atomic E-state index is 4.08. The molecule has 0 spiro atoms. The number of rotatable bonds is 6. The molecule has 0 bridgehead atoms. The van der Waals surface area contributed by atoms with Gasteiger partial charge in [-0.3, -0.25) is 4.98 Å². The van der Waals surface area contributed by atoms with E-state index in [2.05, 4.69) is 34.7 Å². The Hall–Kier alpha value is -0.710. The molecule has 0 saturated heterocycles. The molecule has 0 aliphatic rings. The lowest BCUT2D eigenvalue weighted by Gasteiger charge is -2.15. The summed E-state index contributed by atoms with van der Waals surface area (Å²) in [5.41, 5.74) is 1.89. The minimum Gasteiger partial charge on any atom is -0.309 e. The van der Waals surface area contributed by atoms with Crippen molar-refractivity contribution < 1.29 is 0 Å². The van der Waals surface area contributed by atoms with Gasteiger partial charge in [0.05, 0.1) is 5.51 Å². The molecule has 2 heterocycles. The van der Waals surface area contributed by atoms with Crippen molar-refractivity contribution in [3.8, 4) is 0 Å². The normalized spacial score (nSPS) is 12.8. The lowest BCUT2D eigenvalue weighted by Crippen LogP contribution is -2.29. The fourth-order valence-corrected chi connectivity index (χ4v) is 2.94. The Morgan fingerprint density at radius 3 is 2.94 bits per heavy atom. The summed E-state index contributed by atoms with van der Waals surface area (Å²) in [6.45, 7) is 3.17. The molecule has 2 rings (SSSR count). The van der Waals surface area contributed by atoms with E-state index >= 15 is 0 Å².